The molecule has 0 bridgehead atoms. The lowest BCUT2D eigenvalue weighted by Gasteiger charge is -2.14. The SMILES string of the molecule is CCC(=O)Nc1cccc(NCC(=O)Nc2ccccc2C(C)C)c1. The van der Waals surface area contributed by atoms with Crippen LogP contribution in [0.1, 0.15) is 38.7 Å². The molecule has 0 aliphatic heterocycles. The zero-order chi connectivity index (χ0) is 18.2. The summed E-state index contributed by atoms with van der Waals surface area (Å²) in [4.78, 5) is 23.7. The van der Waals surface area contributed by atoms with Crippen LogP contribution in [0.5, 0.6) is 0 Å². The Morgan fingerprint density at radius 1 is 0.920 bits per heavy atom. The van der Waals surface area contributed by atoms with Gasteiger partial charge in [0, 0.05) is 23.5 Å². The zero-order valence-corrected chi connectivity index (χ0v) is 14.9. The zero-order valence-electron chi connectivity index (χ0n) is 14.9. The van der Waals surface area contributed by atoms with Gasteiger partial charge in [0.1, 0.15) is 0 Å². The number of hydrogen-bond donors (Lipinski definition) is 3. The molecule has 0 radical (unpaired) electrons. The second-order valence-corrected chi connectivity index (χ2v) is 6.13. The summed E-state index contributed by atoms with van der Waals surface area (Å²) in [7, 11) is 0. The van der Waals surface area contributed by atoms with Crippen LogP contribution in [0.2, 0.25) is 0 Å². The van der Waals surface area contributed by atoms with Gasteiger partial charge in [0.2, 0.25) is 11.8 Å². The van der Waals surface area contributed by atoms with Crippen LogP contribution < -0.4 is 16.0 Å². The fourth-order valence-corrected chi connectivity index (χ4v) is 2.45. The van der Waals surface area contributed by atoms with Crippen LogP contribution in [0, 0.1) is 0 Å². The molecule has 0 spiro atoms. The molecule has 2 aromatic rings. The second-order valence-electron chi connectivity index (χ2n) is 6.13. The summed E-state index contributed by atoms with van der Waals surface area (Å²) in [6.45, 7) is 6.15. The molecule has 25 heavy (non-hydrogen) atoms. The minimum atomic E-state index is -0.115. The van der Waals surface area contributed by atoms with Crippen molar-refractivity contribution in [2.45, 2.75) is 33.1 Å². The lowest BCUT2D eigenvalue weighted by atomic mass is 10.0. The molecule has 2 amide bonds. The first-order valence-electron chi connectivity index (χ1n) is 8.52. The Kier molecular flexibility index (Phi) is 6.57. The number of hydrogen-bond acceptors (Lipinski definition) is 3. The maximum atomic E-state index is 12.2. The molecule has 0 saturated heterocycles. The van der Waals surface area contributed by atoms with Gasteiger partial charge in [-0.3, -0.25) is 9.59 Å². The highest BCUT2D eigenvalue weighted by Gasteiger charge is 2.09. The number of amides is 2. The smallest absolute Gasteiger partial charge is 0.243 e. The van der Waals surface area contributed by atoms with Crippen molar-refractivity contribution in [3.8, 4) is 0 Å². The average Bonchev–Trinajstić information content (AvgIpc) is 2.60. The van der Waals surface area contributed by atoms with Gasteiger partial charge >= 0.3 is 0 Å². The van der Waals surface area contributed by atoms with Gasteiger partial charge in [0.15, 0.2) is 0 Å². The van der Waals surface area contributed by atoms with Crippen molar-refractivity contribution in [1.82, 2.24) is 0 Å². The number of benzene rings is 2. The molecule has 3 N–H and O–H groups in total. The van der Waals surface area contributed by atoms with Crippen LogP contribution in [0.15, 0.2) is 48.5 Å². The largest absolute Gasteiger partial charge is 0.376 e. The van der Waals surface area contributed by atoms with Crippen LogP contribution in [0.3, 0.4) is 0 Å². The Morgan fingerprint density at radius 2 is 1.64 bits per heavy atom. The van der Waals surface area contributed by atoms with E-state index in [1.807, 2.05) is 48.5 Å². The molecule has 0 aromatic heterocycles. The van der Waals surface area contributed by atoms with E-state index >= 15 is 0 Å². The Labute approximate surface area is 148 Å². The van der Waals surface area contributed by atoms with E-state index in [1.165, 1.54) is 0 Å². The normalized spacial score (nSPS) is 10.4. The quantitative estimate of drug-likeness (QED) is 0.708. The Bertz CT molecular complexity index is 741. The van der Waals surface area contributed by atoms with Gasteiger partial charge in [0.25, 0.3) is 0 Å². The molecule has 0 saturated carbocycles. The minimum absolute atomic E-state index is 0.0415. The number of rotatable bonds is 7. The predicted molar refractivity (Wildman–Crippen MR) is 103 cm³/mol. The van der Waals surface area contributed by atoms with Crippen molar-refractivity contribution < 1.29 is 9.59 Å². The van der Waals surface area contributed by atoms with Crippen molar-refractivity contribution >= 4 is 28.9 Å². The van der Waals surface area contributed by atoms with Crippen molar-refractivity contribution in [1.29, 1.82) is 0 Å². The topological polar surface area (TPSA) is 70.2 Å². The van der Waals surface area contributed by atoms with E-state index in [9.17, 15) is 9.59 Å². The first-order chi connectivity index (χ1) is 12.0. The van der Waals surface area contributed by atoms with Crippen molar-refractivity contribution in [2.24, 2.45) is 0 Å². The number of para-hydroxylation sites is 1. The highest BCUT2D eigenvalue weighted by atomic mass is 16.2. The summed E-state index contributed by atoms with van der Waals surface area (Å²) in [6.07, 6.45) is 0.426. The lowest BCUT2D eigenvalue weighted by Crippen LogP contribution is -2.22. The second kappa shape index (κ2) is 8.87. The number of anilines is 3. The van der Waals surface area contributed by atoms with E-state index in [0.717, 1.165) is 16.9 Å². The van der Waals surface area contributed by atoms with E-state index in [2.05, 4.69) is 29.8 Å². The van der Waals surface area contributed by atoms with Gasteiger partial charge in [-0.05, 0) is 35.7 Å². The van der Waals surface area contributed by atoms with E-state index in [1.54, 1.807) is 6.92 Å². The van der Waals surface area contributed by atoms with E-state index in [0.29, 0.717) is 18.0 Å². The summed E-state index contributed by atoms with van der Waals surface area (Å²) in [6, 6.07) is 15.1. The van der Waals surface area contributed by atoms with Gasteiger partial charge < -0.3 is 16.0 Å². The molecule has 2 aromatic carbocycles. The fraction of sp³-hybridized carbons (Fsp3) is 0.300. The number of carbonyl (C=O) groups excluding carboxylic acids is 2. The van der Waals surface area contributed by atoms with Crippen LogP contribution in [0.4, 0.5) is 17.1 Å². The molecular weight excluding hydrogens is 314 g/mol. The van der Waals surface area contributed by atoms with Crippen LogP contribution in [0.25, 0.3) is 0 Å². The van der Waals surface area contributed by atoms with Crippen molar-refractivity contribution in [3.05, 3.63) is 54.1 Å². The molecule has 0 aliphatic carbocycles. The highest BCUT2D eigenvalue weighted by molar-refractivity contribution is 5.95. The third-order valence-electron chi connectivity index (χ3n) is 3.78. The van der Waals surface area contributed by atoms with Gasteiger partial charge in [-0.15, -0.1) is 0 Å². The van der Waals surface area contributed by atoms with Crippen LogP contribution >= 0.6 is 0 Å². The molecule has 2 rings (SSSR count). The average molecular weight is 339 g/mol. The maximum Gasteiger partial charge on any atom is 0.243 e. The molecule has 5 nitrogen and oxygen atoms in total. The van der Waals surface area contributed by atoms with Crippen LogP contribution in [-0.2, 0) is 9.59 Å². The Hall–Kier alpha value is -2.82. The monoisotopic (exact) mass is 339 g/mol. The first-order valence-corrected chi connectivity index (χ1v) is 8.52. The predicted octanol–water partition coefficient (Wildman–Crippen LogP) is 4.21. The van der Waals surface area contributed by atoms with Gasteiger partial charge in [-0.1, -0.05) is 45.0 Å². The summed E-state index contributed by atoms with van der Waals surface area (Å²) in [5, 5.41) is 8.83. The standard InChI is InChI=1S/C20H25N3O2/c1-4-19(24)22-16-9-7-8-15(12-16)21-13-20(25)23-18-11-6-5-10-17(18)14(2)3/h5-12,14,21H,4,13H2,1-3H3,(H,22,24)(H,23,25). The highest BCUT2D eigenvalue weighted by Crippen LogP contribution is 2.23. The molecule has 0 unspecified atom stereocenters. The Balaban J connectivity index is 1.94. The molecule has 0 heterocycles. The molecular formula is C20H25N3O2. The lowest BCUT2D eigenvalue weighted by molar-refractivity contribution is -0.116. The fourth-order valence-electron chi connectivity index (χ4n) is 2.45. The number of carbonyl (C=O) groups is 2. The third-order valence-corrected chi connectivity index (χ3v) is 3.78. The first kappa shape index (κ1) is 18.5. The summed E-state index contributed by atoms with van der Waals surface area (Å²) in [5.74, 6) is 0.180. The van der Waals surface area contributed by atoms with Gasteiger partial charge in [0.05, 0.1) is 6.54 Å². The van der Waals surface area contributed by atoms with E-state index in [4.69, 9.17) is 0 Å². The molecule has 0 atom stereocenters. The van der Waals surface area contributed by atoms with Gasteiger partial charge in [-0.25, -0.2) is 0 Å². The van der Waals surface area contributed by atoms with Crippen molar-refractivity contribution in [2.75, 3.05) is 22.5 Å². The Morgan fingerprint density at radius 3 is 2.36 bits per heavy atom. The molecule has 0 aliphatic rings. The molecule has 132 valence electrons. The van der Waals surface area contributed by atoms with E-state index < -0.39 is 0 Å². The number of nitrogens with one attached hydrogen (secondary N) is 3. The summed E-state index contributed by atoms with van der Waals surface area (Å²) in [5.41, 5.74) is 3.44. The van der Waals surface area contributed by atoms with Crippen LogP contribution in [-0.4, -0.2) is 18.4 Å². The molecule has 5 heteroatoms. The van der Waals surface area contributed by atoms with Crippen molar-refractivity contribution in [3.63, 3.8) is 0 Å². The third kappa shape index (κ3) is 5.64. The van der Waals surface area contributed by atoms with Gasteiger partial charge in [-0.2, -0.15) is 0 Å². The molecule has 0 fully saturated rings. The maximum absolute atomic E-state index is 12.2. The summed E-state index contributed by atoms with van der Waals surface area (Å²) >= 11 is 0. The van der Waals surface area contributed by atoms with E-state index in [-0.39, 0.29) is 18.4 Å². The summed E-state index contributed by atoms with van der Waals surface area (Å²) < 4.78 is 0. The minimum Gasteiger partial charge on any atom is -0.376 e.